The summed E-state index contributed by atoms with van der Waals surface area (Å²) in [7, 11) is 3.42. The normalized spacial score (nSPS) is 17.4. The first kappa shape index (κ1) is 16.2. The Morgan fingerprint density at radius 2 is 2.08 bits per heavy atom. The molecule has 1 fully saturated rings. The summed E-state index contributed by atoms with van der Waals surface area (Å²) in [5.41, 5.74) is 2.82. The van der Waals surface area contributed by atoms with Gasteiger partial charge in [-0.15, -0.1) is 0 Å². The van der Waals surface area contributed by atoms with Gasteiger partial charge in [0.15, 0.2) is 0 Å². The van der Waals surface area contributed by atoms with E-state index in [1.165, 1.54) is 4.90 Å². The highest BCUT2D eigenvalue weighted by atomic mass is 16.5. The van der Waals surface area contributed by atoms with Crippen LogP contribution in [-0.4, -0.2) is 46.4 Å². The second-order valence-electron chi connectivity index (χ2n) is 5.77. The minimum atomic E-state index is -0.511. The summed E-state index contributed by atoms with van der Waals surface area (Å²) in [6.07, 6.45) is 4.15. The number of aromatic nitrogens is 2. The standard InChI is InChI=1S/C17H20N4O3/c1-20-10-13(9-18-20)14-6-4-3-5-12(14)11-21-16(22)15(7-8-24-2)19-17(21)23/h3-6,9-10,15H,7-8,11H2,1-2H3,(H,19,23). The summed E-state index contributed by atoms with van der Waals surface area (Å²) >= 11 is 0. The van der Waals surface area contributed by atoms with Crippen molar-refractivity contribution >= 4 is 11.9 Å². The molecule has 1 aromatic heterocycles. The van der Waals surface area contributed by atoms with Crippen molar-refractivity contribution in [3.05, 3.63) is 42.2 Å². The zero-order valence-electron chi connectivity index (χ0n) is 13.7. The highest BCUT2D eigenvalue weighted by Gasteiger charge is 2.37. The molecule has 1 atom stereocenters. The maximum atomic E-state index is 12.4. The molecule has 1 aromatic carbocycles. The summed E-state index contributed by atoms with van der Waals surface area (Å²) in [5.74, 6) is -0.210. The van der Waals surface area contributed by atoms with Gasteiger partial charge in [-0.05, 0) is 11.1 Å². The quantitative estimate of drug-likeness (QED) is 0.816. The van der Waals surface area contributed by atoms with Gasteiger partial charge in [0.2, 0.25) is 0 Å². The average Bonchev–Trinajstić information content (AvgIpc) is 3.12. The fraction of sp³-hybridized carbons (Fsp3) is 0.353. The molecule has 1 aliphatic rings. The molecule has 24 heavy (non-hydrogen) atoms. The molecular weight excluding hydrogens is 308 g/mol. The molecule has 1 aliphatic heterocycles. The number of carbonyl (C=O) groups is 2. The van der Waals surface area contributed by atoms with Crippen molar-refractivity contribution in [1.82, 2.24) is 20.0 Å². The topological polar surface area (TPSA) is 76.5 Å². The SMILES string of the molecule is COCCC1NC(=O)N(Cc2ccccc2-c2cnn(C)c2)C1=O. The van der Waals surface area contributed by atoms with E-state index in [-0.39, 0.29) is 18.5 Å². The molecule has 1 N–H and O–H groups in total. The number of aryl methyl sites for hydroxylation is 1. The monoisotopic (exact) mass is 328 g/mol. The van der Waals surface area contributed by atoms with E-state index in [0.717, 1.165) is 16.7 Å². The molecule has 1 unspecified atom stereocenters. The van der Waals surface area contributed by atoms with E-state index in [2.05, 4.69) is 10.4 Å². The van der Waals surface area contributed by atoms with Gasteiger partial charge in [-0.3, -0.25) is 14.4 Å². The van der Waals surface area contributed by atoms with Crippen LogP contribution >= 0.6 is 0 Å². The van der Waals surface area contributed by atoms with Crippen molar-refractivity contribution in [3.8, 4) is 11.1 Å². The number of hydrogen-bond donors (Lipinski definition) is 1. The summed E-state index contributed by atoms with van der Waals surface area (Å²) in [5, 5.41) is 6.90. The van der Waals surface area contributed by atoms with Crippen molar-refractivity contribution in [2.24, 2.45) is 7.05 Å². The van der Waals surface area contributed by atoms with Gasteiger partial charge in [-0.1, -0.05) is 24.3 Å². The van der Waals surface area contributed by atoms with Gasteiger partial charge >= 0.3 is 6.03 Å². The second kappa shape index (κ2) is 6.84. The minimum Gasteiger partial charge on any atom is -0.385 e. The van der Waals surface area contributed by atoms with Crippen LogP contribution in [0.1, 0.15) is 12.0 Å². The summed E-state index contributed by atoms with van der Waals surface area (Å²) in [6.45, 7) is 0.663. The third kappa shape index (κ3) is 3.16. The lowest BCUT2D eigenvalue weighted by molar-refractivity contribution is -0.128. The molecule has 0 bridgehead atoms. The molecule has 7 nitrogen and oxygen atoms in total. The number of amides is 3. The number of urea groups is 1. The first-order valence-corrected chi connectivity index (χ1v) is 7.78. The molecule has 0 radical (unpaired) electrons. The summed E-state index contributed by atoms with van der Waals surface area (Å²) in [6, 6.07) is 6.85. The Balaban J connectivity index is 1.82. The van der Waals surface area contributed by atoms with Crippen molar-refractivity contribution < 1.29 is 14.3 Å². The lowest BCUT2D eigenvalue weighted by Gasteiger charge is -2.15. The smallest absolute Gasteiger partial charge is 0.325 e. The molecule has 0 aliphatic carbocycles. The fourth-order valence-electron chi connectivity index (χ4n) is 2.83. The number of methoxy groups -OCH3 is 1. The summed E-state index contributed by atoms with van der Waals surface area (Å²) in [4.78, 5) is 25.9. The maximum Gasteiger partial charge on any atom is 0.325 e. The third-order valence-electron chi connectivity index (χ3n) is 4.08. The van der Waals surface area contributed by atoms with E-state index >= 15 is 0 Å². The first-order valence-electron chi connectivity index (χ1n) is 7.78. The first-order chi connectivity index (χ1) is 11.6. The number of rotatable bonds is 6. The van der Waals surface area contributed by atoms with Gasteiger partial charge in [0.25, 0.3) is 5.91 Å². The van der Waals surface area contributed by atoms with Crippen LogP contribution < -0.4 is 5.32 Å². The number of ether oxygens (including phenoxy) is 1. The third-order valence-corrected chi connectivity index (χ3v) is 4.08. The van der Waals surface area contributed by atoms with Crippen LogP contribution in [0.2, 0.25) is 0 Å². The largest absolute Gasteiger partial charge is 0.385 e. The lowest BCUT2D eigenvalue weighted by atomic mass is 10.0. The molecule has 3 rings (SSSR count). The van der Waals surface area contributed by atoms with E-state index in [1.807, 2.05) is 37.5 Å². The zero-order chi connectivity index (χ0) is 17.1. The zero-order valence-corrected chi connectivity index (χ0v) is 13.7. The van der Waals surface area contributed by atoms with Gasteiger partial charge < -0.3 is 10.1 Å². The molecule has 7 heteroatoms. The highest BCUT2D eigenvalue weighted by molar-refractivity contribution is 6.04. The summed E-state index contributed by atoms with van der Waals surface area (Å²) < 4.78 is 6.71. The van der Waals surface area contributed by atoms with Crippen molar-refractivity contribution in [2.75, 3.05) is 13.7 Å². The highest BCUT2D eigenvalue weighted by Crippen LogP contribution is 2.25. The number of nitrogens with one attached hydrogen (secondary N) is 1. The Bertz CT molecular complexity index is 756. The Labute approximate surface area is 140 Å². The van der Waals surface area contributed by atoms with Crippen LogP contribution in [0.5, 0.6) is 0 Å². The van der Waals surface area contributed by atoms with Gasteiger partial charge in [0.05, 0.1) is 12.7 Å². The molecule has 0 saturated carbocycles. The number of carbonyl (C=O) groups excluding carboxylic acids is 2. The van der Waals surface area contributed by atoms with Gasteiger partial charge in [0.1, 0.15) is 6.04 Å². The molecule has 1 saturated heterocycles. The van der Waals surface area contributed by atoms with Crippen molar-refractivity contribution in [2.45, 2.75) is 19.0 Å². The maximum absolute atomic E-state index is 12.4. The van der Waals surface area contributed by atoms with Crippen molar-refractivity contribution in [1.29, 1.82) is 0 Å². The van der Waals surface area contributed by atoms with Crippen LogP contribution in [0.4, 0.5) is 4.79 Å². The van der Waals surface area contributed by atoms with E-state index in [4.69, 9.17) is 4.74 Å². The van der Waals surface area contributed by atoms with Crippen LogP contribution in [0, 0.1) is 0 Å². The Kier molecular flexibility index (Phi) is 4.61. The molecule has 0 spiro atoms. The number of benzene rings is 1. The predicted molar refractivity (Wildman–Crippen MR) is 88.0 cm³/mol. The number of nitrogens with zero attached hydrogens (tertiary/aromatic N) is 3. The van der Waals surface area contributed by atoms with Gasteiger partial charge in [-0.2, -0.15) is 5.10 Å². The van der Waals surface area contributed by atoms with E-state index in [9.17, 15) is 9.59 Å². The van der Waals surface area contributed by atoms with Crippen LogP contribution in [0.15, 0.2) is 36.7 Å². The predicted octanol–water partition coefficient (Wildman–Crippen LogP) is 1.54. The molecule has 126 valence electrons. The molecule has 2 aromatic rings. The van der Waals surface area contributed by atoms with Gasteiger partial charge in [0, 0.05) is 38.9 Å². The number of imide groups is 1. The minimum absolute atomic E-state index is 0.210. The van der Waals surface area contributed by atoms with Gasteiger partial charge in [-0.25, -0.2) is 4.79 Å². The number of hydrogen-bond acceptors (Lipinski definition) is 4. The van der Waals surface area contributed by atoms with E-state index in [1.54, 1.807) is 18.0 Å². The average molecular weight is 328 g/mol. The molecular formula is C17H20N4O3. The Morgan fingerprint density at radius 1 is 1.29 bits per heavy atom. The van der Waals surface area contributed by atoms with Crippen LogP contribution in [0.25, 0.3) is 11.1 Å². The Hall–Kier alpha value is -2.67. The van der Waals surface area contributed by atoms with Crippen LogP contribution in [0.3, 0.4) is 0 Å². The second-order valence-corrected chi connectivity index (χ2v) is 5.77. The fourth-order valence-corrected chi connectivity index (χ4v) is 2.83. The van der Waals surface area contributed by atoms with Crippen LogP contribution in [-0.2, 0) is 23.1 Å². The molecule has 3 amide bonds. The van der Waals surface area contributed by atoms with E-state index in [0.29, 0.717) is 13.0 Å². The Morgan fingerprint density at radius 3 is 2.79 bits per heavy atom. The lowest BCUT2D eigenvalue weighted by Crippen LogP contribution is -2.31. The molecule has 2 heterocycles. The van der Waals surface area contributed by atoms with Crippen molar-refractivity contribution in [3.63, 3.8) is 0 Å². The van der Waals surface area contributed by atoms with E-state index < -0.39 is 6.04 Å².